The van der Waals surface area contributed by atoms with Crippen LogP contribution in [-0.4, -0.2) is 34.1 Å². The summed E-state index contributed by atoms with van der Waals surface area (Å²) < 4.78 is 5.28. The summed E-state index contributed by atoms with van der Waals surface area (Å²) in [5, 5.41) is 19.5. The van der Waals surface area contributed by atoms with E-state index in [4.69, 9.17) is 14.6 Å². The fourth-order valence-electron chi connectivity index (χ4n) is 1.19. The van der Waals surface area contributed by atoms with E-state index in [1.165, 1.54) is 12.1 Å². The van der Waals surface area contributed by atoms with Crippen molar-refractivity contribution in [2.75, 3.05) is 0 Å². The molecule has 1 rings (SSSR count). The first-order chi connectivity index (χ1) is 8.40. The van der Waals surface area contributed by atoms with Gasteiger partial charge in [-0.25, -0.2) is 4.79 Å². The number of aliphatic carboxylic acids is 2. The first-order valence-corrected chi connectivity index (χ1v) is 5.70. The highest BCUT2D eigenvalue weighted by Gasteiger charge is 2.22. The Morgan fingerprint density at radius 3 is 2.44 bits per heavy atom. The predicted molar refractivity (Wildman–Crippen MR) is 62.2 cm³/mol. The quantitative estimate of drug-likeness (QED) is 0.722. The Balaban J connectivity index is 2.63. The molecule has 0 saturated heterocycles. The maximum absolute atomic E-state index is 11.6. The number of carbonyl (C=O) groups is 3. The van der Waals surface area contributed by atoms with E-state index in [9.17, 15) is 14.4 Å². The molecule has 1 heterocycles. The van der Waals surface area contributed by atoms with Crippen molar-refractivity contribution >= 4 is 33.8 Å². The molecule has 7 nitrogen and oxygen atoms in total. The normalized spacial score (nSPS) is 11.8. The Hall–Kier alpha value is -1.83. The van der Waals surface area contributed by atoms with E-state index < -0.39 is 23.9 Å². The molecule has 0 aliphatic carbocycles. The fraction of sp³-hybridized carbons (Fsp3) is 0.300. The summed E-state index contributed by atoms with van der Waals surface area (Å²) in [6, 6.07) is 1.59. The van der Waals surface area contributed by atoms with Crippen LogP contribution in [0.3, 0.4) is 0 Å². The molecule has 0 aliphatic rings. The minimum Gasteiger partial charge on any atom is -0.481 e. The monoisotopic (exact) mass is 319 g/mol. The van der Waals surface area contributed by atoms with E-state index in [2.05, 4.69) is 21.2 Å². The van der Waals surface area contributed by atoms with Gasteiger partial charge in [-0.2, -0.15) is 0 Å². The third-order valence-corrected chi connectivity index (χ3v) is 2.47. The van der Waals surface area contributed by atoms with Crippen LogP contribution in [0.1, 0.15) is 23.4 Å². The summed E-state index contributed by atoms with van der Waals surface area (Å²) in [4.78, 5) is 32.8. The van der Waals surface area contributed by atoms with Crippen LogP contribution in [0.15, 0.2) is 21.2 Å². The Morgan fingerprint density at radius 2 is 2.00 bits per heavy atom. The molecule has 8 heteroatoms. The highest BCUT2D eigenvalue weighted by atomic mass is 79.9. The van der Waals surface area contributed by atoms with Gasteiger partial charge in [-0.15, -0.1) is 0 Å². The Morgan fingerprint density at radius 1 is 1.33 bits per heavy atom. The van der Waals surface area contributed by atoms with E-state index in [1.54, 1.807) is 0 Å². The van der Waals surface area contributed by atoms with Crippen molar-refractivity contribution in [2.24, 2.45) is 0 Å². The number of hydrogen-bond acceptors (Lipinski definition) is 4. The Kier molecular flexibility index (Phi) is 4.90. The molecule has 0 fully saturated rings. The number of carbonyl (C=O) groups excluding carboxylic acids is 1. The van der Waals surface area contributed by atoms with Gasteiger partial charge in [0.1, 0.15) is 6.04 Å². The zero-order valence-corrected chi connectivity index (χ0v) is 10.6. The molecule has 0 bridgehead atoms. The third-order valence-electron chi connectivity index (χ3n) is 2.05. The lowest BCUT2D eigenvalue weighted by Crippen LogP contribution is -2.40. The van der Waals surface area contributed by atoms with Gasteiger partial charge in [0.15, 0.2) is 10.4 Å². The number of halogens is 1. The smallest absolute Gasteiger partial charge is 0.326 e. The van der Waals surface area contributed by atoms with Crippen molar-refractivity contribution in [3.63, 3.8) is 0 Å². The lowest BCUT2D eigenvalue weighted by Gasteiger charge is -2.12. The average Bonchev–Trinajstić information content (AvgIpc) is 2.70. The number of rotatable bonds is 6. The largest absolute Gasteiger partial charge is 0.481 e. The summed E-state index contributed by atoms with van der Waals surface area (Å²) in [5.41, 5.74) is 0. The van der Waals surface area contributed by atoms with Gasteiger partial charge in [0.05, 0.1) is 0 Å². The van der Waals surface area contributed by atoms with E-state index in [0.717, 1.165) is 0 Å². The van der Waals surface area contributed by atoms with Crippen molar-refractivity contribution in [3.05, 3.63) is 22.6 Å². The number of carboxylic acids is 2. The maximum atomic E-state index is 11.6. The van der Waals surface area contributed by atoms with E-state index in [-0.39, 0.29) is 18.6 Å². The van der Waals surface area contributed by atoms with Crippen LogP contribution in [-0.2, 0) is 9.59 Å². The zero-order valence-electron chi connectivity index (χ0n) is 9.05. The molecule has 0 aliphatic heterocycles. The van der Waals surface area contributed by atoms with E-state index in [0.29, 0.717) is 4.67 Å². The lowest BCUT2D eigenvalue weighted by atomic mass is 10.1. The molecule has 0 aromatic carbocycles. The van der Waals surface area contributed by atoms with Crippen LogP contribution in [0.2, 0.25) is 0 Å². The standard InChI is InChI=1S/C10H10BrNO6/c11-7-3-2-6(18-7)9(15)12-5(10(16)17)1-4-8(13)14/h2-3,5H,1,4H2,(H,12,15)(H,13,14)(H,16,17). The first kappa shape index (κ1) is 14.2. The summed E-state index contributed by atoms with van der Waals surface area (Å²) >= 11 is 3.00. The van der Waals surface area contributed by atoms with Crippen LogP contribution in [0.4, 0.5) is 0 Å². The van der Waals surface area contributed by atoms with Gasteiger partial charge in [-0.3, -0.25) is 9.59 Å². The van der Waals surface area contributed by atoms with E-state index >= 15 is 0 Å². The number of furan rings is 1. The highest BCUT2D eigenvalue weighted by Crippen LogP contribution is 2.14. The van der Waals surface area contributed by atoms with E-state index in [1.807, 2.05) is 0 Å². The molecule has 1 atom stereocenters. The number of hydrogen-bond donors (Lipinski definition) is 3. The number of carboxylic acid groups (broad SMARTS) is 2. The van der Waals surface area contributed by atoms with Gasteiger partial charge in [-0.05, 0) is 34.5 Å². The second kappa shape index (κ2) is 6.20. The van der Waals surface area contributed by atoms with Gasteiger partial charge in [0.25, 0.3) is 5.91 Å². The summed E-state index contributed by atoms with van der Waals surface area (Å²) in [6.45, 7) is 0. The van der Waals surface area contributed by atoms with Gasteiger partial charge in [-0.1, -0.05) is 0 Å². The predicted octanol–water partition coefficient (Wildman–Crippen LogP) is 1.09. The topological polar surface area (TPSA) is 117 Å². The molecule has 1 amide bonds. The summed E-state index contributed by atoms with van der Waals surface area (Å²) in [7, 11) is 0. The lowest BCUT2D eigenvalue weighted by molar-refractivity contribution is -0.140. The van der Waals surface area contributed by atoms with Crippen LogP contribution >= 0.6 is 15.9 Å². The minimum atomic E-state index is -1.30. The van der Waals surface area contributed by atoms with Gasteiger partial charge in [0.2, 0.25) is 0 Å². The second-order valence-electron chi connectivity index (χ2n) is 3.40. The molecule has 3 N–H and O–H groups in total. The molecular formula is C10H10BrNO6. The summed E-state index contributed by atoms with van der Waals surface area (Å²) in [6.07, 6.45) is -0.544. The molecule has 18 heavy (non-hydrogen) atoms. The Bertz CT molecular complexity index is 469. The fourth-order valence-corrected chi connectivity index (χ4v) is 1.50. The van der Waals surface area contributed by atoms with Crippen molar-refractivity contribution in [1.29, 1.82) is 0 Å². The maximum Gasteiger partial charge on any atom is 0.326 e. The van der Waals surface area contributed by atoms with Crippen LogP contribution in [0.5, 0.6) is 0 Å². The highest BCUT2D eigenvalue weighted by molar-refractivity contribution is 9.10. The third kappa shape index (κ3) is 4.21. The van der Waals surface area contributed by atoms with Crippen LogP contribution < -0.4 is 5.32 Å². The second-order valence-corrected chi connectivity index (χ2v) is 4.18. The molecule has 0 saturated carbocycles. The Labute approximate surface area is 110 Å². The number of nitrogens with one attached hydrogen (secondary N) is 1. The van der Waals surface area contributed by atoms with Gasteiger partial charge < -0.3 is 19.9 Å². The molecular weight excluding hydrogens is 310 g/mol. The van der Waals surface area contributed by atoms with Crippen molar-refractivity contribution in [3.8, 4) is 0 Å². The molecule has 1 unspecified atom stereocenters. The first-order valence-electron chi connectivity index (χ1n) is 4.91. The molecule has 1 aromatic heterocycles. The molecule has 98 valence electrons. The summed E-state index contributed by atoms with van der Waals surface area (Å²) in [5.74, 6) is -3.19. The minimum absolute atomic E-state index is 0.0524. The molecule has 0 radical (unpaired) electrons. The van der Waals surface area contributed by atoms with Crippen LogP contribution in [0, 0.1) is 0 Å². The SMILES string of the molecule is O=C(O)CCC(NC(=O)c1ccc(Br)o1)C(=O)O. The average molecular weight is 320 g/mol. The molecule has 1 aromatic rings. The zero-order chi connectivity index (χ0) is 13.7. The van der Waals surface area contributed by atoms with Crippen LogP contribution in [0.25, 0.3) is 0 Å². The van der Waals surface area contributed by atoms with Gasteiger partial charge >= 0.3 is 11.9 Å². The van der Waals surface area contributed by atoms with Crippen molar-refractivity contribution in [2.45, 2.75) is 18.9 Å². The van der Waals surface area contributed by atoms with Crippen molar-refractivity contribution in [1.82, 2.24) is 5.32 Å². The van der Waals surface area contributed by atoms with Gasteiger partial charge in [0, 0.05) is 6.42 Å². The number of amides is 1. The van der Waals surface area contributed by atoms with Crippen molar-refractivity contribution < 1.29 is 29.0 Å². The molecule has 0 spiro atoms.